The molecule has 2 bridgehead atoms. The zero-order valence-electron chi connectivity index (χ0n) is 14.0. The number of carbonyl (C=O) groups excluding carboxylic acids is 1. The minimum Gasteiger partial charge on any atom is -0.493 e. The largest absolute Gasteiger partial charge is 0.493 e. The molecule has 4 heteroatoms. The van der Waals surface area contributed by atoms with Gasteiger partial charge in [-0.1, -0.05) is 18.2 Å². The summed E-state index contributed by atoms with van der Waals surface area (Å²) in [4.78, 5) is 12.6. The highest BCUT2D eigenvalue weighted by atomic mass is 16.5. The zero-order valence-corrected chi connectivity index (χ0v) is 14.0. The fourth-order valence-electron chi connectivity index (χ4n) is 5.21. The number of nitrogens with one attached hydrogen (secondary N) is 1. The van der Waals surface area contributed by atoms with Gasteiger partial charge in [0.25, 0.3) is 0 Å². The molecule has 3 heterocycles. The molecule has 5 atom stereocenters. The molecule has 2 saturated heterocycles. The lowest BCUT2D eigenvalue weighted by molar-refractivity contribution is -0.130. The van der Waals surface area contributed by atoms with Crippen molar-refractivity contribution in [1.82, 2.24) is 5.32 Å². The first-order chi connectivity index (χ1) is 11.7. The van der Waals surface area contributed by atoms with Gasteiger partial charge in [0.1, 0.15) is 5.75 Å². The molecule has 5 rings (SSSR count). The van der Waals surface area contributed by atoms with Gasteiger partial charge in [-0.05, 0) is 50.5 Å². The van der Waals surface area contributed by atoms with Crippen LogP contribution in [0, 0.1) is 11.8 Å². The van der Waals surface area contributed by atoms with Crippen molar-refractivity contribution < 1.29 is 14.3 Å². The molecule has 1 aromatic carbocycles. The summed E-state index contributed by atoms with van der Waals surface area (Å²) in [7, 11) is 0. The molecule has 4 nitrogen and oxygen atoms in total. The van der Waals surface area contributed by atoms with Crippen LogP contribution in [0.25, 0.3) is 0 Å². The Labute approximate surface area is 142 Å². The van der Waals surface area contributed by atoms with Crippen LogP contribution in [0.3, 0.4) is 0 Å². The van der Waals surface area contributed by atoms with Crippen molar-refractivity contribution in [2.24, 2.45) is 11.8 Å². The Bertz CT molecular complexity index is 648. The maximum absolute atomic E-state index is 12.6. The lowest BCUT2D eigenvalue weighted by Gasteiger charge is -2.28. The Hall–Kier alpha value is -1.55. The summed E-state index contributed by atoms with van der Waals surface area (Å²) in [5.41, 5.74) is 1.59. The summed E-state index contributed by atoms with van der Waals surface area (Å²) in [6.07, 6.45) is 7.00. The Kier molecular flexibility index (Phi) is 3.37. The minimum absolute atomic E-state index is 0.160. The van der Waals surface area contributed by atoms with Crippen LogP contribution in [0.5, 0.6) is 5.75 Å². The van der Waals surface area contributed by atoms with E-state index in [9.17, 15) is 4.79 Å². The van der Waals surface area contributed by atoms with Crippen molar-refractivity contribution >= 4 is 5.91 Å². The highest BCUT2D eigenvalue weighted by Gasteiger charge is 2.57. The highest BCUT2D eigenvalue weighted by Crippen LogP contribution is 2.60. The quantitative estimate of drug-likeness (QED) is 0.929. The summed E-state index contributed by atoms with van der Waals surface area (Å²) in [5, 5.41) is 3.25. The van der Waals surface area contributed by atoms with Crippen molar-refractivity contribution in [1.29, 1.82) is 0 Å². The van der Waals surface area contributed by atoms with Crippen molar-refractivity contribution in [3.63, 3.8) is 0 Å². The van der Waals surface area contributed by atoms with E-state index in [1.165, 1.54) is 12.0 Å². The summed E-state index contributed by atoms with van der Waals surface area (Å²) in [6, 6.07) is 8.41. The first kappa shape index (κ1) is 14.8. The number of fused-ring (bicyclic) bond motifs is 4. The van der Waals surface area contributed by atoms with Crippen molar-refractivity contribution in [3.8, 4) is 5.75 Å². The number of rotatable bonds is 3. The number of para-hydroxylation sites is 1. The second kappa shape index (κ2) is 5.48. The van der Waals surface area contributed by atoms with E-state index in [4.69, 9.17) is 9.47 Å². The molecule has 1 amide bonds. The number of amides is 1. The molecule has 1 saturated carbocycles. The van der Waals surface area contributed by atoms with Crippen LogP contribution >= 0.6 is 0 Å². The third-order valence-corrected chi connectivity index (χ3v) is 6.65. The van der Waals surface area contributed by atoms with Gasteiger partial charge in [-0.25, -0.2) is 0 Å². The Morgan fingerprint density at radius 2 is 2.00 bits per heavy atom. The maximum atomic E-state index is 12.6. The summed E-state index contributed by atoms with van der Waals surface area (Å²) in [6.45, 7) is 1.60. The van der Waals surface area contributed by atoms with E-state index in [1.807, 2.05) is 6.07 Å². The molecular formula is C20H25NO3. The summed E-state index contributed by atoms with van der Waals surface area (Å²) < 4.78 is 11.6. The Morgan fingerprint density at radius 3 is 2.83 bits per heavy atom. The van der Waals surface area contributed by atoms with Gasteiger partial charge < -0.3 is 14.8 Å². The topological polar surface area (TPSA) is 47.6 Å². The van der Waals surface area contributed by atoms with E-state index >= 15 is 0 Å². The standard InChI is InChI=1S/C20H25NO3/c22-19(13-9-15-5-6-16(10-13)24-15)21-12-14-11-20(14)7-8-23-18-4-2-1-3-17(18)20/h1-4,13-16H,5-12H2,(H,21,22)/t13?,14?,15-,16+,20?. The number of hydrogen-bond acceptors (Lipinski definition) is 3. The molecule has 0 aromatic heterocycles. The van der Waals surface area contributed by atoms with Crippen LogP contribution in [-0.4, -0.2) is 31.3 Å². The first-order valence-corrected chi connectivity index (χ1v) is 9.40. The van der Waals surface area contributed by atoms with E-state index in [2.05, 4.69) is 23.5 Å². The van der Waals surface area contributed by atoms with Gasteiger partial charge in [0.15, 0.2) is 0 Å². The van der Waals surface area contributed by atoms with Gasteiger partial charge in [0.2, 0.25) is 5.91 Å². The van der Waals surface area contributed by atoms with E-state index in [-0.39, 0.29) is 17.2 Å². The zero-order chi connectivity index (χ0) is 16.1. The lowest BCUT2D eigenvalue weighted by Crippen LogP contribution is -2.39. The SMILES string of the molecule is O=C(NCC1CC12CCOc1ccccc12)C1C[C@H]2CC[C@@H](C1)O2. The fraction of sp³-hybridized carbons (Fsp3) is 0.650. The van der Waals surface area contributed by atoms with Gasteiger partial charge in [-0.2, -0.15) is 0 Å². The Balaban J connectivity index is 1.21. The molecule has 1 aromatic rings. The van der Waals surface area contributed by atoms with Gasteiger partial charge >= 0.3 is 0 Å². The molecule has 3 aliphatic heterocycles. The number of hydrogen-bond donors (Lipinski definition) is 1. The van der Waals surface area contributed by atoms with Crippen molar-refractivity contribution in [2.75, 3.05) is 13.2 Å². The van der Waals surface area contributed by atoms with Crippen molar-refractivity contribution in [2.45, 2.75) is 56.1 Å². The maximum Gasteiger partial charge on any atom is 0.223 e. The monoisotopic (exact) mass is 327 g/mol. The predicted octanol–water partition coefficient (Wildman–Crippen LogP) is 2.80. The number of ether oxygens (including phenoxy) is 2. The molecule has 3 unspecified atom stereocenters. The second-order valence-electron chi connectivity index (χ2n) is 8.02. The van der Waals surface area contributed by atoms with Crippen LogP contribution in [0.1, 0.15) is 44.1 Å². The second-order valence-corrected chi connectivity index (χ2v) is 8.02. The van der Waals surface area contributed by atoms with Crippen LogP contribution < -0.4 is 10.1 Å². The summed E-state index contributed by atoms with van der Waals surface area (Å²) >= 11 is 0. The smallest absolute Gasteiger partial charge is 0.223 e. The fourth-order valence-corrected chi connectivity index (χ4v) is 5.21. The van der Waals surface area contributed by atoms with Gasteiger partial charge in [0.05, 0.1) is 18.8 Å². The minimum atomic E-state index is 0.160. The summed E-state index contributed by atoms with van der Waals surface area (Å²) in [5.74, 6) is 2.01. The van der Waals surface area contributed by atoms with Crippen LogP contribution in [-0.2, 0) is 14.9 Å². The van der Waals surface area contributed by atoms with Crippen LogP contribution in [0.4, 0.5) is 0 Å². The molecular weight excluding hydrogens is 302 g/mol. The van der Waals surface area contributed by atoms with Gasteiger partial charge in [-0.3, -0.25) is 4.79 Å². The van der Waals surface area contributed by atoms with E-state index in [0.717, 1.165) is 51.0 Å². The molecule has 0 radical (unpaired) electrons. The molecule has 1 aliphatic carbocycles. The predicted molar refractivity (Wildman–Crippen MR) is 90.0 cm³/mol. The molecule has 3 fully saturated rings. The van der Waals surface area contributed by atoms with Gasteiger partial charge in [-0.15, -0.1) is 0 Å². The lowest BCUT2D eigenvalue weighted by atomic mass is 9.87. The van der Waals surface area contributed by atoms with Gasteiger partial charge in [0, 0.05) is 23.4 Å². The molecule has 1 spiro atoms. The van der Waals surface area contributed by atoms with Crippen LogP contribution in [0.2, 0.25) is 0 Å². The average Bonchev–Trinajstić information content (AvgIpc) is 3.20. The van der Waals surface area contributed by atoms with E-state index < -0.39 is 0 Å². The molecule has 4 aliphatic rings. The number of benzene rings is 1. The highest BCUT2D eigenvalue weighted by molar-refractivity contribution is 5.79. The molecule has 24 heavy (non-hydrogen) atoms. The van der Waals surface area contributed by atoms with Crippen LogP contribution in [0.15, 0.2) is 24.3 Å². The first-order valence-electron chi connectivity index (χ1n) is 9.40. The molecule has 128 valence electrons. The van der Waals surface area contributed by atoms with E-state index in [0.29, 0.717) is 18.1 Å². The third kappa shape index (κ3) is 2.34. The Morgan fingerprint density at radius 1 is 1.21 bits per heavy atom. The van der Waals surface area contributed by atoms with E-state index in [1.54, 1.807) is 0 Å². The molecule has 1 N–H and O–H groups in total. The third-order valence-electron chi connectivity index (χ3n) is 6.65. The average molecular weight is 327 g/mol. The normalized spacial score (nSPS) is 39.2. The van der Waals surface area contributed by atoms with Crippen molar-refractivity contribution in [3.05, 3.63) is 29.8 Å². The number of carbonyl (C=O) groups is 1.